The molecule has 40 heavy (non-hydrogen) atoms. The van der Waals surface area contributed by atoms with E-state index in [0.29, 0.717) is 12.8 Å². The largest absolute Gasteiger partial charge is 0.387 e. The zero-order chi connectivity index (χ0) is 29.7. The number of carbonyl (C=O) groups excluding carboxylic acids is 1. The van der Waals surface area contributed by atoms with E-state index >= 15 is 0 Å². The van der Waals surface area contributed by atoms with Crippen LogP contribution >= 0.6 is 0 Å². The molecule has 0 spiro atoms. The van der Waals surface area contributed by atoms with E-state index in [4.69, 9.17) is 0 Å². The molecule has 0 heterocycles. The van der Waals surface area contributed by atoms with Crippen LogP contribution in [0.4, 0.5) is 0 Å². The van der Waals surface area contributed by atoms with Crippen molar-refractivity contribution in [3.05, 3.63) is 48.6 Å². The predicted molar refractivity (Wildman–Crippen MR) is 170 cm³/mol. The van der Waals surface area contributed by atoms with Crippen LogP contribution in [0.5, 0.6) is 0 Å². The SMILES string of the molecule is CCC/C=C\C/C=C\CCCCCCCC(=O)NC(CS(=O)(=O)O)C(O)/C=C/CC/C=C/CCCCCCCC. The third-order valence-corrected chi connectivity index (χ3v) is 7.49. The first kappa shape index (κ1) is 38.3. The van der Waals surface area contributed by atoms with Gasteiger partial charge in [0.1, 0.15) is 0 Å². The predicted octanol–water partition coefficient (Wildman–Crippen LogP) is 8.40. The Hall–Kier alpha value is -1.70. The molecular formula is C33H59NO5S. The zero-order valence-electron chi connectivity index (χ0n) is 25.4. The molecule has 2 unspecified atom stereocenters. The quantitative estimate of drug-likeness (QED) is 0.0513. The van der Waals surface area contributed by atoms with Crippen LogP contribution in [-0.2, 0) is 14.9 Å². The summed E-state index contributed by atoms with van der Waals surface area (Å²) in [6.07, 6.45) is 35.2. The minimum absolute atomic E-state index is 0.270. The minimum Gasteiger partial charge on any atom is -0.387 e. The van der Waals surface area contributed by atoms with Crippen molar-refractivity contribution in [1.82, 2.24) is 5.32 Å². The maximum absolute atomic E-state index is 12.4. The maximum atomic E-state index is 12.4. The molecule has 0 fully saturated rings. The number of amides is 1. The number of aliphatic hydroxyl groups excluding tert-OH is 1. The Kier molecular flexibility index (Phi) is 26.3. The molecule has 0 bridgehead atoms. The number of hydrogen-bond donors (Lipinski definition) is 3. The molecule has 1 amide bonds. The van der Waals surface area contributed by atoms with E-state index in [-0.39, 0.29) is 12.3 Å². The minimum atomic E-state index is -4.35. The first-order chi connectivity index (χ1) is 19.3. The molecule has 2 atom stereocenters. The first-order valence-corrected chi connectivity index (χ1v) is 17.4. The van der Waals surface area contributed by atoms with Crippen molar-refractivity contribution in [1.29, 1.82) is 0 Å². The monoisotopic (exact) mass is 581 g/mol. The fourth-order valence-electron chi connectivity index (χ4n) is 4.32. The van der Waals surface area contributed by atoms with Crippen LogP contribution in [-0.4, -0.2) is 41.9 Å². The topological polar surface area (TPSA) is 104 Å². The van der Waals surface area contributed by atoms with Gasteiger partial charge in [-0.15, -0.1) is 0 Å². The fraction of sp³-hybridized carbons (Fsp3) is 0.727. The van der Waals surface area contributed by atoms with Crippen LogP contribution in [0.25, 0.3) is 0 Å². The van der Waals surface area contributed by atoms with Crippen LogP contribution in [0.1, 0.15) is 136 Å². The Bertz CT molecular complexity index is 817. The van der Waals surface area contributed by atoms with Crippen molar-refractivity contribution in [2.24, 2.45) is 0 Å². The standard InChI is InChI=1S/C33H59NO5S/c1-3-5-7-9-11-13-15-17-19-21-23-25-27-29-33(36)34-31(30-40(37,38)39)32(35)28-26-24-22-20-18-16-14-12-10-8-6-4-2/h7,9,13,15,18,20,26,28,31-32,35H,3-6,8,10-12,14,16-17,19,21-25,27,29-30H2,1-2H3,(H,34,36)(H,37,38,39)/b9-7-,15-13-,20-18+,28-26+. The molecule has 0 saturated heterocycles. The van der Waals surface area contributed by atoms with Gasteiger partial charge in [0, 0.05) is 6.42 Å². The number of hydrogen-bond acceptors (Lipinski definition) is 4. The summed E-state index contributed by atoms with van der Waals surface area (Å²) in [5.74, 6) is -1.03. The highest BCUT2D eigenvalue weighted by Gasteiger charge is 2.24. The zero-order valence-corrected chi connectivity index (χ0v) is 26.3. The highest BCUT2D eigenvalue weighted by Crippen LogP contribution is 2.10. The molecule has 0 aliphatic heterocycles. The Morgan fingerprint density at radius 3 is 1.82 bits per heavy atom. The first-order valence-electron chi connectivity index (χ1n) is 15.8. The molecule has 0 aliphatic carbocycles. The molecular weight excluding hydrogens is 522 g/mol. The third kappa shape index (κ3) is 27.9. The van der Waals surface area contributed by atoms with Gasteiger partial charge in [-0.25, -0.2) is 0 Å². The molecule has 232 valence electrons. The number of aliphatic hydroxyl groups is 1. The van der Waals surface area contributed by atoms with Crippen LogP contribution in [0.2, 0.25) is 0 Å². The molecule has 0 aromatic carbocycles. The molecule has 0 aromatic rings. The van der Waals surface area contributed by atoms with E-state index in [2.05, 4.69) is 55.6 Å². The van der Waals surface area contributed by atoms with Gasteiger partial charge in [0.15, 0.2) is 0 Å². The van der Waals surface area contributed by atoms with Crippen LogP contribution < -0.4 is 5.32 Å². The van der Waals surface area contributed by atoms with E-state index < -0.39 is 28.0 Å². The molecule has 3 N–H and O–H groups in total. The summed E-state index contributed by atoms with van der Waals surface area (Å²) in [6.45, 7) is 4.40. The normalized spacial score (nSPS) is 14.2. The van der Waals surface area contributed by atoms with Crippen molar-refractivity contribution in [3.63, 3.8) is 0 Å². The van der Waals surface area contributed by atoms with E-state index in [9.17, 15) is 22.9 Å². The van der Waals surface area contributed by atoms with Crippen LogP contribution in [0.15, 0.2) is 48.6 Å². The lowest BCUT2D eigenvalue weighted by Gasteiger charge is -2.21. The van der Waals surface area contributed by atoms with E-state index in [1.807, 2.05) is 0 Å². The van der Waals surface area contributed by atoms with Gasteiger partial charge in [0.25, 0.3) is 10.1 Å². The Morgan fingerprint density at radius 2 is 1.20 bits per heavy atom. The number of unbranched alkanes of at least 4 members (excludes halogenated alkanes) is 13. The summed E-state index contributed by atoms with van der Waals surface area (Å²) in [7, 11) is -4.35. The van der Waals surface area contributed by atoms with Crippen molar-refractivity contribution in [2.45, 2.75) is 148 Å². The molecule has 0 aliphatic rings. The molecule has 7 heteroatoms. The molecule has 0 radical (unpaired) electrons. The fourth-order valence-corrected chi connectivity index (χ4v) is 5.06. The summed E-state index contributed by atoms with van der Waals surface area (Å²) in [4.78, 5) is 12.4. The second-order valence-corrected chi connectivity index (χ2v) is 12.2. The van der Waals surface area contributed by atoms with Gasteiger partial charge in [-0.05, 0) is 57.8 Å². The van der Waals surface area contributed by atoms with Gasteiger partial charge in [-0.1, -0.05) is 120 Å². The van der Waals surface area contributed by atoms with Gasteiger partial charge < -0.3 is 10.4 Å². The van der Waals surface area contributed by atoms with Crippen molar-refractivity contribution in [3.8, 4) is 0 Å². The number of rotatable bonds is 27. The van der Waals surface area contributed by atoms with Gasteiger partial charge in [0.2, 0.25) is 5.91 Å². The van der Waals surface area contributed by atoms with Crippen molar-refractivity contribution < 1.29 is 22.9 Å². The maximum Gasteiger partial charge on any atom is 0.267 e. The lowest BCUT2D eigenvalue weighted by atomic mass is 10.1. The average Bonchev–Trinajstić information content (AvgIpc) is 2.90. The Morgan fingerprint density at radius 1 is 0.675 bits per heavy atom. The number of carbonyl (C=O) groups is 1. The van der Waals surface area contributed by atoms with Gasteiger partial charge in [0.05, 0.1) is 17.9 Å². The van der Waals surface area contributed by atoms with Crippen molar-refractivity contribution in [2.75, 3.05) is 5.75 Å². The average molecular weight is 582 g/mol. The third-order valence-electron chi connectivity index (χ3n) is 6.71. The van der Waals surface area contributed by atoms with Crippen LogP contribution in [0, 0.1) is 0 Å². The lowest BCUT2D eigenvalue weighted by Crippen LogP contribution is -2.46. The summed E-state index contributed by atoms with van der Waals surface area (Å²) in [5, 5.41) is 13.1. The molecule has 0 saturated carbocycles. The number of nitrogens with one attached hydrogen (secondary N) is 1. The highest BCUT2D eigenvalue weighted by molar-refractivity contribution is 7.85. The Labute approximate surface area is 246 Å². The summed E-state index contributed by atoms with van der Waals surface area (Å²) < 4.78 is 32.2. The van der Waals surface area contributed by atoms with Gasteiger partial charge >= 0.3 is 0 Å². The highest BCUT2D eigenvalue weighted by atomic mass is 32.2. The summed E-state index contributed by atoms with van der Waals surface area (Å²) in [5.41, 5.74) is 0. The second-order valence-electron chi connectivity index (χ2n) is 10.7. The molecule has 6 nitrogen and oxygen atoms in total. The van der Waals surface area contributed by atoms with Crippen molar-refractivity contribution >= 4 is 16.0 Å². The van der Waals surface area contributed by atoms with Crippen LogP contribution in [0.3, 0.4) is 0 Å². The van der Waals surface area contributed by atoms with Gasteiger partial charge in [-0.3, -0.25) is 9.35 Å². The molecule has 0 rings (SSSR count). The van der Waals surface area contributed by atoms with E-state index in [0.717, 1.165) is 57.8 Å². The molecule has 0 aromatic heterocycles. The Balaban J connectivity index is 4.17. The van der Waals surface area contributed by atoms with Gasteiger partial charge in [-0.2, -0.15) is 8.42 Å². The lowest BCUT2D eigenvalue weighted by molar-refractivity contribution is -0.122. The summed E-state index contributed by atoms with van der Waals surface area (Å²) >= 11 is 0. The van der Waals surface area contributed by atoms with E-state index in [1.165, 1.54) is 51.0 Å². The summed E-state index contributed by atoms with van der Waals surface area (Å²) in [6, 6.07) is -1.08. The van der Waals surface area contributed by atoms with E-state index in [1.54, 1.807) is 6.08 Å². The second kappa shape index (κ2) is 27.5. The number of allylic oxidation sites excluding steroid dienone is 7. The smallest absolute Gasteiger partial charge is 0.267 e.